The Morgan fingerprint density at radius 1 is 1.08 bits per heavy atom. The number of nitriles is 1. The fourth-order valence-corrected chi connectivity index (χ4v) is 3.84. The average Bonchev–Trinajstić information content (AvgIpc) is 3.31. The second-order valence-electron chi connectivity index (χ2n) is 7.91. The summed E-state index contributed by atoms with van der Waals surface area (Å²) in [4.78, 5) is 26.4. The van der Waals surface area contributed by atoms with Crippen LogP contribution in [0.15, 0.2) is 73.1 Å². The smallest absolute Gasteiger partial charge is 0.343 e. The summed E-state index contributed by atoms with van der Waals surface area (Å²) in [5, 5.41) is 18.4. The number of aromatic nitrogens is 5. The van der Waals surface area contributed by atoms with E-state index in [0.717, 1.165) is 22.0 Å². The molecule has 3 aromatic heterocycles. The second kappa shape index (κ2) is 9.64. The molecule has 0 radical (unpaired) electrons. The van der Waals surface area contributed by atoms with Crippen LogP contribution in [0.4, 0.5) is 11.6 Å². The van der Waals surface area contributed by atoms with Crippen molar-refractivity contribution < 1.29 is 9.53 Å². The highest BCUT2D eigenvalue weighted by Crippen LogP contribution is 2.28. The van der Waals surface area contributed by atoms with Gasteiger partial charge < -0.3 is 10.1 Å². The van der Waals surface area contributed by atoms with E-state index in [2.05, 4.69) is 26.5 Å². The van der Waals surface area contributed by atoms with Crippen molar-refractivity contribution in [2.24, 2.45) is 0 Å². The first-order valence-electron chi connectivity index (χ1n) is 11.3. The third-order valence-electron chi connectivity index (χ3n) is 5.57. The van der Waals surface area contributed by atoms with Gasteiger partial charge in [0.1, 0.15) is 23.0 Å². The van der Waals surface area contributed by atoms with Crippen LogP contribution < -0.4 is 5.32 Å². The topological polar surface area (TPSA) is 119 Å². The van der Waals surface area contributed by atoms with Crippen molar-refractivity contribution in [3.05, 3.63) is 89.7 Å². The molecule has 5 aromatic rings. The number of aryl methyl sites for hydroxylation is 1. The Hall–Kier alpha value is -5.10. The summed E-state index contributed by atoms with van der Waals surface area (Å²) in [5.41, 5.74) is 2.98. The quantitative estimate of drug-likeness (QED) is 0.342. The Bertz CT molecular complexity index is 1620. The number of rotatable bonds is 6. The molecule has 0 unspecified atom stereocenters. The minimum atomic E-state index is -0.580. The molecule has 0 spiro atoms. The number of esters is 1. The Balaban J connectivity index is 1.64. The summed E-state index contributed by atoms with van der Waals surface area (Å²) in [6, 6.07) is 21.2. The molecule has 9 heteroatoms. The normalized spacial score (nSPS) is 10.7. The van der Waals surface area contributed by atoms with Crippen LogP contribution in [0, 0.1) is 18.3 Å². The Kier molecular flexibility index (Phi) is 6.07. The van der Waals surface area contributed by atoms with Gasteiger partial charge in [-0.3, -0.25) is 0 Å². The lowest BCUT2D eigenvalue weighted by Crippen LogP contribution is -2.13. The number of hydrogen-bond acceptors (Lipinski definition) is 8. The molecule has 0 aliphatic rings. The number of fused-ring (bicyclic) bond motifs is 1. The molecule has 0 saturated heterocycles. The molecule has 0 amide bonds. The third kappa shape index (κ3) is 4.23. The lowest BCUT2D eigenvalue weighted by atomic mass is 10.1. The number of carbonyl (C=O) groups is 1. The average molecular weight is 476 g/mol. The summed E-state index contributed by atoms with van der Waals surface area (Å²) in [7, 11) is 0. The first kappa shape index (κ1) is 22.7. The van der Waals surface area contributed by atoms with E-state index in [1.54, 1.807) is 6.92 Å². The first-order valence-corrected chi connectivity index (χ1v) is 11.3. The van der Waals surface area contributed by atoms with Crippen molar-refractivity contribution in [2.75, 3.05) is 11.9 Å². The predicted octanol–water partition coefficient (Wildman–Crippen LogP) is 4.98. The van der Waals surface area contributed by atoms with Gasteiger partial charge in [0.15, 0.2) is 17.5 Å². The summed E-state index contributed by atoms with van der Waals surface area (Å²) in [6.45, 7) is 3.91. The van der Waals surface area contributed by atoms with E-state index >= 15 is 0 Å². The summed E-state index contributed by atoms with van der Waals surface area (Å²) in [6.07, 6.45) is 2.86. The minimum absolute atomic E-state index is 0.135. The molecule has 176 valence electrons. The van der Waals surface area contributed by atoms with Gasteiger partial charge >= 0.3 is 5.97 Å². The SMILES string of the molecule is CCOC(=O)c1cnc(-c2ccccc2)nc1Nc1c(C#N)cnn1-c1cc(C)c2ccccc2n1. The molecule has 36 heavy (non-hydrogen) atoms. The molecule has 1 N–H and O–H groups in total. The maximum absolute atomic E-state index is 12.7. The summed E-state index contributed by atoms with van der Waals surface area (Å²) in [5.74, 6) is 0.866. The number of pyridine rings is 1. The Morgan fingerprint density at radius 3 is 2.64 bits per heavy atom. The predicted molar refractivity (Wildman–Crippen MR) is 135 cm³/mol. The van der Waals surface area contributed by atoms with Crippen molar-refractivity contribution in [3.63, 3.8) is 0 Å². The highest BCUT2D eigenvalue weighted by atomic mass is 16.5. The number of hydrogen-bond donors (Lipinski definition) is 1. The molecular weight excluding hydrogens is 454 g/mol. The van der Waals surface area contributed by atoms with E-state index in [1.807, 2.05) is 67.6 Å². The van der Waals surface area contributed by atoms with E-state index in [-0.39, 0.29) is 23.6 Å². The van der Waals surface area contributed by atoms with Crippen molar-refractivity contribution in [2.45, 2.75) is 13.8 Å². The Morgan fingerprint density at radius 2 is 1.86 bits per heavy atom. The third-order valence-corrected chi connectivity index (χ3v) is 5.57. The molecular formula is C27H21N7O2. The number of anilines is 2. The maximum atomic E-state index is 12.7. The van der Waals surface area contributed by atoms with Crippen LogP contribution >= 0.6 is 0 Å². The zero-order valence-electron chi connectivity index (χ0n) is 19.6. The lowest BCUT2D eigenvalue weighted by Gasteiger charge is -2.14. The van der Waals surface area contributed by atoms with Crippen LogP contribution in [0.25, 0.3) is 28.1 Å². The number of ether oxygens (including phenoxy) is 1. The van der Waals surface area contributed by atoms with Gasteiger partial charge in [0, 0.05) is 17.1 Å². The highest BCUT2D eigenvalue weighted by Gasteiger charge is 2.21. The van der Waals surface area contributed by atoms with E-state index in [9.17, 15) is 10.1 Å². The number of benzene rings is 2. The fraction of sp³-hybridized carbons (Fsp3) is 0.111. The van der Waals surface area contributed by atoms with E-state index in [1.165, 1.54) is 17.1 Å². The molecule has 0 bridgehead atoms. The van der Waals surface area contributed by atoms with E-state index in [0.29, 0.717) is 17.5 Å². The second-order valence-corrected chi connectivity index (χ2v) is 7.91. The van der Waals surface area contributed by atoms with Crippen LogP contribution in [0.1, 0.15) is 28.4 Å². The molecule has 9 nitrogen and oxygen atoms in total. The van der Waals surface area contributed by atoms with Crippen LogP contribution in [-0.2, 0) is 4.74 Å². The summed E-state index contributed by atoms with van der Waals surface area (Å²) >= 11 is 0. The molecule has 0 aliphatic heterocycles. The standard InChI is InChI=1S/C27H21N7O2/c1-3-36-27(35)21-16-29-24(18-9-5-4-6-10-18)32-25(21)33-26-19(14-28)15-30-34(26)23-13-17(2)20-11-7-8-12-22(20)31-23/h4-13,15-16H,3H2,1-2H3,(H,29,32,33). The number of para-hydroxylation sites is 1. The van der Waals surface area contributed by atoms with Crippen molar-refractivity contribution in [3.8, 4) is 23.3 Å². The molecule has 3 heterocycles. The van der Waals surface area contributed by atoms with Gasteiger partial charge in [-0.2, -0.15) is 15.0 Å². The van der Waals surface area contributed by atoms with Gasteiger partial charge in [-0.15, -0.1) is 0 Å². The van der Waals surface area contributed by atoms with Crippen LogP contribution in [-0.4, -0.2) is 37.3 Å². The first-order chi connectivity index (χ1) is 17.6. The molecule has 0 saturated carbocycles. The van der Waals surface area contributed by atoms with Gasteiger partial charge in [-0.1, -0.05) is 48.5 Å². The molecule has 0 fully saturated rings. The molecule has 5 rings (SSSR count). The zero-order chi connectivity index (χ0) is 25.1. The van der Waals surface area contributed by atoms with E-state index in [4.69, 9.17) is 9.72 Å². The van der Waals surface area contributed by atoms with Crippen LogP contribution in [0.3, 0.4) is 0 Å². The molecule has 2 aromatic carbocycles. The number of carbonyl (C=O) groups excluding carboxylic acids is 1. The van der Waals surface area contributed by atoms with Gasteiger partial charge in [-0.25, -0.2) is 19.7 Å². The van der Waals surface area contributed by atoms with Crippen molar-refractivity contribution in [1.29, 1.82) is 5.26 Å². The summed E-state index contributed by atoms with van der Waals surface area (Å²) < 4.78 is 6.74. The monoisotopic (exact) mass is 475 g/mol. The molecule has 0 atom stereocenters. The number of nitrogens with one attached hydrogen (secondary N) is 1. The van der Waals surface area contributed by atoms with E-state index < -0.39 is 5.97 Å². The highest BCUT2D eigenvalue weighted by molar-refractivity contribution is 5.95. The maximum Gasteiger partial charge on any atom is 0.343 e. The molecule has 0 aliphatic carbocycles. The van der Waals surface area contributed by atoms with Crippen LogP contribution in [0.5, 0.6) is 0 Å². The van der Waals surface area contributed by atoms with Crippen molar-refractivity contribution in [1.82, 2.24) is 24.7 Å². The van der Waals surface area contributed by atoms with Crippen LogP contribution in [0.2, 0.25) is 0 Å². The lowest BCUT2D eigenvalue weighted by molar-refractivity contribution is 0.0526. The number of nitrogens with zero attached hydrogens (tertiary/aromatic N) is 6. The Labute approximate surface area is 207 Å². The van der Waals surface area contributed by atoms with Gasteiger partial charge in [0.25, 0.3) is 0 Å². The van der Waals surface area contributed by atoms with Crippen molar-refractivity contribution >= 4 is 28.5 Å². The van der Waals surface area contributed by atoms with Gasteiger partial charge in [0.2, 0.25) is 0 Å². The fourth-order valence-electron chi connectivity index (χ4n) is 3.84. The largest absolute Gasteiger partial charge is 0.462 e. The zero-order valence-corrected chi connectivity index (χ0v) is 19.6. The minimum Gasteiger partial charge on any atom is -0.462 e. The van der Waals surface area contributed by atoms with Gasteiger partial charge in [-0.05, 0) is 31.5 Å². The van der Waals surface area contributed by atoms with Gasteiger partial charge in [0.05, 0.1) is 18.3 Å².